The highest BCUT2D eigenvalue weighted by molar-refractivity contribution is 6.30. The summed E-state index contributed by atoms with van der Waals surface area (Å²) in [5.41, 5.74) is 6.11. The molecule has 0 bridgehead atoms. The van der Waals surface area contributed by atoms with Gasteiger partial charge in [0.05, 0.1) is 11.3 Å². The summed E-state index contributed by atoms with van der Waals surface area (Å²) in [6, 6.07) is 11.6. The Balaban J connectivity index is 2.84. The fourth-order valence-corrected chi connectivity index (χ4v) is 2.35. The van der Waals surface area contributed by atoms with Crippen molar-refractivity contribution < 1.29 is 9.57 Å². The molecule has 0 fully saturated rings. The van der Waals surface area contributed by atoms with Crippen molar-refractivity contribution in [3.05, 3.63) is 57.5 Å². The molecule has 2 rings (SSSR count). The molecular formula is C17H12ClN5O2. The highest BCUT2D eigenvalue weighted by Gasteiger charge is 2.52. The van der Waals surface area contributed by atoms with Crippen LogP contribution in [-0.4, -0.2) is 5.71 Å². The summed E-state index contributed by atoms with van der Waals surface area (Å²) in [6.07, 6.45) is 0. The largest absolute Gasteiger partial charge is 0.426 e. The quantitative estimate of drug-likeness (QED) is 0.505. The van der Waals surface area contributed by atoms with Crippen molar-refractivity contribution in [2.75, 3.05) is 0 Å². The molecule has 2 N–H and O–H groups in total. The topological polar surface area (TPSA) is 128 Å². The highest BCUT2D eigenvalue weighted by Crippen LogP contribution is 2.47. The third-order valence-corrected chi connectivity index (χ3v) is 3.50. The number of nitrogens with zero attached hydrogens (tertiary/aromatic N) is 4. The molecule has 1 aromatic rings. The number of benzene rings is 1. The van der Waals surface area contributed by atoms with Crippen LogP contribution in [0.4, 0.5) is 0 Å². The molecule has 25 heavy (non-hydrogen) atoms. The number of oxime groups is 1. The fraction of sp³-hybridized carbons (Fsp3) is 0.176. The van der Waals surface area contributed by atoms with Crippen LogP contribution in [0, 0.1) is 34.0 Å². The lowest BCUT2D eigenvalue weighted by atomic mass is 9.90. The van der Waals surface area contributed by atoms with Gasteiger partial charge in [0, 0.05) is 10.6 Å². The standard InChI is InChI=1S/C17H12ClN5O2/c1-10(2)23-25-17(12-3-5-13(18)6-4-12)15(11(7-19)8-20)14(9-21)16(22)24-17/h3-6H,22H2,1-2H3/t17-/m0/s1. The van der Waals surface area contributed by atoms with Gasteiger partial charge in [-0.2, -0.15) is 15.8 Å². The van der Waals surface area contributed by atoms with Crippen LogP contribution >= 0.6 is 11.6 Å². The van der Waals surface area contributed by atoms with Gasteiger partial charge in [0.25, 0.3) is 0 Å². The zero-order valence-electron chi connectivity index (χ0n) is 13.4. The summed E-state index contributed by atoms with van der Waals surface area (Å²) < 4.78 is 5.63. The molecule has 1 aliphatic rings. The van der Waals surface area contributed by atoms with Crippen LogP contribution in [-0.2, 0) is 15.4 Å². The van der Waals surface area contributed by atoms with Crippen LogP contribution in [0.15, 0.2) is 52.0 Å². The average molecular weight is 354 g/mol. The zero-order valence-corrected chi connectivity index (χ0v) is 14.1. The van der Waals surface area contributed by atoms with Gasteiger partial charge in [0.2, 0.25) is 5.88 Å². The van der Waals surface area contributed by atoms with E-state index in [0.717, 1.165) is 0 Å². The summed E-state index contributed by atoms with van der Waals surface area (Å²) in [6.45, 7) is 3.37. The minimum absolute atomic E-state index is 0.0928. The number of ether oxygens (including phenoxy) is 1. The smallest absolute Gasteiger partial charge is 0.333 e. The van der Waals surface area contributed by atoms with Crippen molar-refractivity contribution in [3.8, 4) is 18.2 Å². The van der Waals surface area contributed by atoms with Gasteiger partial charge in [-0.1, -0.05) is 16.8 Å². The van der Waals surface area contributed by atoms with Crippen LogP contribution in [0.3, 0.4) is 0 Å². The second-order valence-electron chi connectivity index (χ2n) is 5.18. The van der Waals surface area contributed by atoms with Crippen LogP contribution in [0.25, 0.3) is 0 Å². The Morgan fingerprint density at radius 1 is 1.20 bits per heavy atom. The Morgan fingerprint density at radius 2 is 1.80 bits per heavy atom. The molecule has 0 radical (unpaired) electrons. The van der Waals surface area contributed by atoms with E-state index in [1.54, 1.807) is 50.3 Å². The first kappa shape index (κ1) is 17.9. The van der Waals surface area contributed by atoms with Crippen molar-refractivity contribution in [2.45, 2.75) is 19.6 Å². The van der Waals surface area contributed by atoms with Gasteiger partial charge in [-0.3, -0.25) is 0 Å². The molecule has 0 saturated heterocycles. The number of halogens is 1. The van der Waals surface area contributed by atoms with Crippen molar-refractivity contribution in [2.24, 2.45) is 10.9 Å². The fourth-order valence-electron chi connectivity index (χ4n) is 2.23. The van der Waals surface area contributed by atoms with E-state index in [0.29, 0.717) is 16.3 Å². The molecule has 1 aliphatic heterocycles. The molecule has 1 aromatic carbocycles. The zero-order chi connectivity index (χ0) is 18.6. The van der Waals surface area contributed by atoms with Gasteiger partial charge in [-0.05, 0) is 38.1 Å². The Morgan fingerprint density at radius 3 is 2.28 bits per heavy atom. The Kier molecular flexibility index (Phi) is 4.98. The van der Waals surface area contributed by atoms with Crippen molar-refractivity contribution in [1.82, 2.24) is 0 Å². The van der Waals surface area contributed by atoms with Crippen LogP contribution in [0.2, 0.25) is 5.02 Å². The van der Waals surface area contributed by atoms with E-state index >= 15 is 0 Å². The van der Waals surface area contributed by atoms with Gasteiger partial charge < -0.3 is 15.3 Å². The van der Waals surface area contributed by atoms with E-state index < -0.39 is 5.79 Å². The minimum atomic E-state index is -1.84. The molecule has 7 nitrogen and oxygen atoms in total. The molecule has 0 unspecified atom stereocenters. The number of nitriles is 3. The van der Waals surface area contributed by atoms with Crippen LogP contribution in [0.1, 0.15) is 19.4 Å². The maximum absolute atomic E-state index is 9.41. The van der Waals surface area contributed by atoms with Gasteiger partial charge in [0.1, 0.15) is 29.4 Å². The summed E-state index contributed by atoms with van der Waals surface area (Å²) in [5, 5.41) is 32.4. The predicted molar refractivity (Wildman–Crippen MR) is 89.2 cm³/mol. The maximum atomic E-state index is 9.41. The lowest BCUT2D eigenvalue weighted by Gasteiger charge is -2.28. The SMILES string of the molecule is CC(C)=NO[C@]1(c2ccc(Cl)cc2)OC(N)=C(C#N)C1=C(C#N)C#N. The first-order valence-electron chi connectivity index (χ1n) is 6.99. The van der Waals surface area contributed by atoms with Crippen LogP contribution < -0.4 is 5.73 Å². The molecule has 124 valence electrons. The first-order valence-corrected chi connectivity index (χ1v) is 7.37. The second-order valence-corrected chi connectivity index (χ2v) is 5.62. The number of nitrogens with two attached hydrogens (primary N) is 1. The Hall–Kier alpha value is -3.47. The lowest BCUT2D eigenvalue weighted by molar-refractivity contribution is -0.187. The van der Waals surface area contributed by atoms with Crippen LogP contribution in [0.5, 0.6) is 0 Å². The first-order chi connectivity index (χ1) is 11.9. The average Bonchev–Trinajstić information content (AvgIpc) is 2.88. The van der Waals surface area contributed by atoms with Gasteiger partial charge in [0.15, 0.2) is 0 Å². The summed E-state index contributed by atoms with van der Waals surface area (Å²) in [7, 11) is 0. The van der Waals surface area contributed by atoms with Gasteiger partial charge >= 0.3 is 5.79 Å². The van der Waals surface area contributed by atoms with Crippen molar-refractivity contribution >= 4 is 17.3 Å². The predicted octanol–water partition coefficient (Wildman–Crippen LogP) is 2.97. The number of allylic oxidation sites excluding steroid dienone is 1. The number of hydrogen-bond donors (Lipinski definition) is 1. The molecule has 1 heterocycles. The molecule has 0 amide bonds. The van der Waals surface area contributed by atoms with Gasteiger partial charge in [-0.15, -0.1) is 0 Å². The molecule has 0 saturated carbocycles. The van der Waals surface area contributed by atoms with E-state index in [2.05, 4.69) is 5.16 Å². The maximum Gasteiger partial charge on any atom is 0.333 e. The number of rotatable bonds is 3. The summed E-state index contributed by atoms with van der Waals surface area (Å²) in [4.78, 5) is 5.57. The Bertz CT molecular complexity index is 906. The molecule has 8 heteroatoms. The molecule has 0 spiro atoms. The van der Waals surface area contributed by atoms with E-state index in [-0.39, 0.29) is 22.6 Å². The monoisotopic (exact) mass is 353 g/mol. The molecule has 0 aromatic heterocycles. The number of hydrogen-bond acceptors (Lipinski definition) is 7. The molecule has 0 aliphatic carbocycles. The van der Waals surface area contributed by atoms with Gasteiger partial charge in [-0.25, -0.2) is 0 Å². The molecular weight excluding hydrogens is 342 g/mol. The van der Waals surface area contributed by atoms with E-state index in [1.807, 2.05) is 6.07 Å². The summed E-state index contributed by atoms with van der Waals surface area (Å²) >= 11 is 5.92. The lowest BCUT2D eigenvalue weighted by Crippen LogP contribution is -2.32. The Labute approximate surface area is 149 Å². The van der Waals surface area contributed by atoms with E-state index in [1.165, 1.54) is 0 Å². The summed E-state index contributed by atoms with van der Waals surface area (Å²) in [5.74, 6) is -2.10. The third-order valence-electron chi connectivity index (χ3n) is 3.25. The van der Waals surface area contributed by atoms with Crippen molar-refractivity contribution in [3.63, 3.8) is 0 Å². The normalized spacial score (nSPS) is 18.5. The van der Waals surface area contributed by atoms with Crippen molar-refractivity contribution in [1.29, 1.82) is 15.8 Å². The highest BCUT2D eigenvalue weighted by atomic mass is 35.5. The second kappa shape index (κ2) is 6.97. The van der Waals surface area contributed by atoms with E-state index in [9.17, 15) is 15.8 Å². The molecule has 1 atom stereocenters. The minimum Gasteiger partial charge on any atom is -0.426 e. The van der Waals surface area contributed by atoms with E-state index in [4.69, 9.17) is 26.9 Å². The third kappa shape index (κ3) is 3.12.